The maximum Gasteiger partial charge on any atom is 0.240 e. The van der Waals surface area contributed by atoms with Gasteiger partial charge in [-0.05, 0) is 32.4 Å². The van der Waals surface area contributed by atoms with Gasteiger partial charge in [-0.3, -0.25) is 9.59 Å². The normalized spacial score (nSPS) is 40.1. The molecule has 3 saturated heterocycles. The molecule has 1 aromatic heterocycles. The zero-order valence-electron chi connectivity index (χ0n) is 13.6. The number of rotatable bonds is 1. The number of ether oxygens (including phenoxy) is 1. The summed E-state index contributed by atoms with van der Waals surface area (Å²) in [6.07, 6.45) is 0.926. The number of aliphatic hydroxyl groups is 1. The second-order valence-corrected chi connectivity index (χ2v) is 7.26. The van der Waals surface area contributed by atoms with Crippen LogP contribution in [-0.4, -0.2) is 39.2 Å². The number of fused-ring (bicyclic) bond motifs is 5. The van der Waals surface area contributed by atoms with Crippen molar-refractivity contribution in [3.63, 3.8) is 0 Å². The molecule has 2 bridgehead atoms. The second-order valence-electron chi connectivity index (χ2n) is 7.26. The number of anilines is 1. The van der Waals surface area contributed by atoms with Gasteiger partial charge in [0.15, 0.2) is 0 Å². The van der Waals surface area contributed by atoms with Crippen LogP contribution in [-0.2, 0) is 14.3 Å². The number of nitriles is 1. The van der Waals surface area contributed by atoms with Crippen molar-refractivity contribution in [2.45, 2.75) is 44.5 Å². The number of carbonyl (C=O) groups is 2. The molecule has 0 aromatic carbocycles. The summed E-state index contributed by atoms with van der Waals surface area (Å²) >= 11 is 0. The monoisotopic (exact) mass is 327 g/mol. The first-order valence-electron chi connectivity index (χ1n) is 7.86. The van der Waals surface area contributed by atoms with E-state index < -0.39 is 29.1 Å². The minimum atomic E-state index is -1.05. The number of aromatic nitrogens is 1. The predicted molar refractivity (Wildman–Crippen MR) is 81.7 cm³/mol. The number of aryl methyl sites for hydroxylation is 1. The summed E-state index contributed by atoms with van der Waals surface area (Å²) in [7, 11) is 0. The average Bonchev–Trinajstić information content (AvgIpc) is 3.01. The molecule has 124 valence electrons. The highest BCUT2D eigenvalue weighted by atomic mass is 16.6. The highest BCUT2D eigenvalue weighted by molar-refractivity contribution is 6.23. The van der Waals surface area contributed by atoms with E-state index in [0.717, 1.165) is 4.90 Å². The van der Waals surface area contributed by atoms with Crippen LogP contribution in [0.1, 0.15) is 31.5 Å². The molecule has 1 aromatic rings. The zero-order valence-corrected chi connectivity index (χ0v) is 13.6. The molecule has 2 amide bonds. The molecule has 3 fully saturated rings. The third-order valence-electron chi connectivity index (χ3n) is 5.72. The van der Waals surface area contributed by atoms with Crippen LogP contribution in [0.15, 0.2) is 12.3 Å². The molecule has 4 rings (SSSR count). The zero-order chi connectivity index (χ0) is 17.4. The molecular weight excluding hydrogens is 310 g/mol. The first-order chi connectivity index (χ1) is 11.2. The van der Waals surface area contributed by atoms with Crippen molar-refractivity contribution >= 4 is 17.5 Å². The Bertz CT molecular complexity index is 832. The number of amides is 2. The van der Waals surface area contributed by atoms with Crippen molar-refractivity contribution in [3.8, 4) is 6.07 Å². The molecule has 0 radical (unpaired) electrons. The van der Waals surface area contributed by atoms with Gasteiger partial charge >= 0.3 is 0 Å². The molecule has 5 unspecified atom stereocenters. The lowest BCUT2D eigenvalue weighted by atomic mass is 9.67. The van der Waals surface area contributed by atoms with Crippen LogP contribution in [0.2, 0.25) is 0 Å². The molecule has 7 nitrogen and oxygen atoms in total. The lowest BCUT2D eigenvalue weighted by molar-refractivity contribution is -0.132. The highest BCUT2D eigenvalue weighted by Gasteiger charge is 2.75. The van der Waals surface area contributed by atoms with Crippen molar-refractivity contribution in [2.75, 3.05) is 4.90 Å². The van der Waals surface area contributed by atoms with Crippen LogP contribution in [0.4, 0.5) is 5.69 Å². The van der Waals surface area contributed by atoms with Crippen molar-refractivity contribution in [2.24, 2.45) is 11.8 Å². The minimum absolute atomic E-state index is 0.260. The van der Waals surface area contributed by atoms with Crippen LogP contribution in [0.5, 0.6) is 0 Å². The number of aliphatic hydroxyl groups excluding tert-OH is 1. The fourth-order valence-corrected chi connectivity index (χ4v) is 4.58. The van der Waals surface area contributed by atoms with E-state index in [1.54, 1.807) is 26.8 Å². The van der Waals surface area contributed by atoms with Gasteiger partial charge in [0.05, 0.1) is 35.4 Å². The van der Waals surface area contributed by atoms with Crippen LogP contribution >= 0.6 is 0 Å². The van der Waals surface area contributed by atoms with E-state index in [4.69, 9.17) is 10.00 Å². The Balaban J connectivity index is 1.79. The van der Waals surface area contributed by atoms with Gasteiger partial charge in [0.2, 0.25) is 11.8 Å². The van der Waals surface area contributed by atoms with Gasteiger partial charge < -0.3 is 9.84 Å². The topological polar surface area (TPSA) is 104 Å². The number of pyridine rings is 1. The summed E-state index contributed by atoms with van der Waals surface area (Å²) in [6, 6.07) is 3.58. The molecule has 1 N–H and O–H groups in total. The third kappa shape index (κ3) is 1.60. The van der Waals surface area contributed by atoms with E-state index in [1.165, 1.54) is 6.20 Å². The molecule has 4 heterocycles. The number of hydrogen-bond donors (Lipinski definition) is 1. The lowest BCUT2D eigenvalue weighted by Crippen LogP contribution is -2.49. The lowest BCUT2D eigenvalue weighted by Gasteiger charge is -2.31. The Kier molecular flexibility index (Phi) is 2.80. The summed E-state index contributed by atoms with van der Waals surface area (Å²) in [4.78, 5) is 31.1. The molecule has 24 heavy (non-hydrogen) atoms. The SMILES string of the molecule is Cc1cc(N2C(=O)C3C(C2=O)C2(C)OC3(C)CC2O)cnc1C#N. The number of hydrogen-bond acceptors (Lipinski definition) is 6. The first kappa shape index (κ1) is 15.2. The Labute approximate surface area is 138 Å². The number of carbonyl (C=O) groups excluding carboxylic acids is 2. The van der Waals surface area contributed by atoms with E-state index in [-0.39, 0.29) is 17.5 Å². The van der Waals surface area contributed by atoms with Crippen molar-refractivity contribution in [1.29, 1.82) is 5.26 Å². The molecular formula is C17H17N3O4. The fourth-order valence-electron chi connectivity index (χ4n) is 4.58. The van der Waals surface area contributed by atoms with E-state index in [1.807, 2.05) is 6.07 Å². The molecule has 0 saturated carbocycles. The van der Waals surface area contributed by atoms with Crippen molar-refractivity contribution in [1.82, 2.24) is 4.98 Å². The van der Waals surface area contributed by atoms with Crippen LogP contribution in [0, 0.1) is 30.1 Å². The fraction of sp³-hybridized carbons (Fsp3) is 0.529. The van der Waals surface area contributed by atoms with Gasteiger partial charge in [0.25, 0.3) is 0 Å². The summed E-state index contributed by atoms with van der Waals surface area (Å²) in [6.45, 7) is 5.19. The van der Waals surface area contributed by atoms with E-state index in [9.17, 15) is 14.7 Å². The van der Waals surface area contributed by atoms with Crippen molar-refractivity contribution in [3.05, 3.63) is 23.5 Å². The Morgan fingerprint density at radius 3 is 2.67 bits per heavy atom. The maximum atomic E-state index is 13.0. The molecule has 0 spiro atoms. The second kappa shape index (κ2) is 4.41. The van der Waals surface area contributed by atoms with Crippen LogP contribution < -0.4 is 4.90 Å². The van der Waals surface area contributed by atoms with Gasteiger partial charge in [0, 0.05) is 6.42 Å². The highest BCUT2D eigenvalue weighted by Crippen LogP contribution is 2.60. The predicted octanol–water partition coefficient (Wildman–Crippen LogP) is 0.680. The van der Waals surface area contributed by atoms with Gasteiger partial charge in [0.1, 0.15) is 17.4 Å². The van der Waals surface area contributed by atoms with Gasteiger partial charge in [-0.25, -0.2) is 9.88 Å². The summed E-state index contributed by atoms with van der Waals surface area (Å²) in [5.74, 6) is -2.00. The van der Waals surface area contributed by atoms with Crippen LogP contribution in [0.3, 0.4) is 0 Å². The largest absolute Gasteiger partial charge is 0.390 e. The number of imide groups is 1. The Morgan fingerprint density at radius 2 is 2.04 bits per heavy atom. The average molecular weight is 327 g/mol. The summed E-state index contributed by atoms with van der Waals surface area (Å²) < 4.78 is 5.93. The van der Waals surface area contributed by atoms with Gasteiger partial charge in [-0.1, -0.05) is 0 Å². The van der Waals surface area contributed by atoms with Crippen molar-refractivity contribution < 1.29 is 19.4 Å². The minimum Gasteiger partial charge on any atom is -0.390 e. The Morgan fingerprint density at radius 1 is 1.38 bits per heavy atom. The quantitative estimate of drug-likeness (QED) is 0.761. The Hall–Kier alpha value is -2.30. The van der Waals surface area contributed by atoms with Gasteiger partial charge in [-0.2, -0.15) is 5.26 Å². The van der Waals surface area contributed by atoms with E-state index in [0.29, 0.717) is 17.7 Å². The van der Waals surface area contributed by atoms with Crippen LogP contribution in [0.25, 0.3) is 0 Å². The molecule has 0 aliphatic carbocycles. The smallest absolute Gasteiger partial charge is 0.240 e. The summed E-state index contributed by atoms with van der Waals surface area (Å²) in [5, 5.41) is 19.3. The standard InChI is InChI=1S/C17H17N3O4/c1-8-4-9(7-19-10(8)6-18)20-14(22)12-13(15(20)23)17(3)11(21)5-16(12,2)24-17/h4,7,11-13,21H,5H2,1-3H3. The molecule has 3 aliphatic rings. The van der Waals surface area contributed by atoms with E-state index >= 15 is 0 Å². The molecule has 3 aliphatic heterocycles. The molecule has 7 heteroatoms. The first-order valence-corrected chi connectivity index (χ1v) is 7.86. The molecule has 5 atom stereocenters. The maximum absolute atomic E-state index is 13.0. The van der Waals surface area contributed by atoms with E-state index in [2.05, 4.69) is 4.98 Å². The van der Waals surface area contributed by atoms with Gasteiger partial charge in [-0.15, -0.1) is 0 Å². The third-order valence-corrected chi connectivity index (χ3v) is 5.72. The summed E-state index contributed by atoms with van der Waals surface area (Å²) in [5.41, 5.74) is -0.664. The number of nitrogens with zero attached hydrogens (tertiary/aromatic N) is 3.